The van der Waals surface area contributed by atoms with E-state index in [1.165, 1.54) is 26.4 Å². The standard InChI is InChI=1S/C16H13ClN2/c1-18-7-10-3-4-12-9-19(2)16(17)13-6-5-11(8-18)14(10)15(12)13/h3-9H,1-2H3. The molecule has 2 aliphatic rings. The molecule has 19 heavy (non-hydrogen) atoms. The van der Waals surface area contributed by atoms with Gasteiger partial charge in [0.2, 0.25) is 0 Å². The fourth-order valence-electron chi connectivity index (χ4n) is 3.00. The molecule has 0 N–H and O–H groups in total. The molecule has 94 valence electrons. The maximum absolute atomic E-state index is 6.44. The van der Waals surface area contributed by atoms with Gasteiger partial charge >= 0.3 is 0 Å². The van der Waals surface area contributed by atoms with Crippen LogP contribution in [0.2, 0.25) is 0 Å². The first-order chi connectivity index (χ1) is 9.15. The predicted octanol–water partition coefficient (Wildman–Crippen LogP) is 0.249. The summed E-state index contributed by atoms with van der Waals surface area (Å²) in [7, 11) is 4.04. The van der Waals surface area contributed by atoms with Crippen molar-refractivity contribution in [3.05, 3.63) is 45.1 Å². The molecule has 2 aliphatic heterocycles. The van der Waals surface area contributed by atoms with Crippen molar-refractivity contribution in [3.63, 3.8) is 0 Å². The van der Waals surface area contributed by atoms with Crippen molar-refractivity contribution in [2.75, 3.05) is 14.1 Å². The van der Waals surface area contributed by atoms with Crippen molar-refractivity contribution >= 4 is 46.1 Å². The monoisotopic (exact) mass is 268 g/mol. The van der Waals surface area contributed by atoms with Crippen LogP contribution in [0, 0.1) is 0 Å². The Balaban J connectivity index is 2.41. The van der Waals surface area contributed by atoms with Gasteiger partial charge in [-0.2, -0.15) is 0 Å². The van der Waals surface area contributed by atoms with Crippen LogP contribution in [0.3, 0.4) is 0 Å². The van der Waals surface area contributed by atoms with E-state index in [-0.39, 0.29) is 0 Å². The van der Waals surface area contributed by atoms with Gasteiger partial charge in [-0.25, -0.2) is 0 Å². The van der Waals surface area contributed by atoms with Crippen LogP contribution in [-0.4, -0.2) is 23.9 Å². The van der Waals surface area contributed by atoms with E-state index in [1.807, 2.05) is 11.9 Å². The van der Waals surface area contributed by atoms with Gasteiger partial charge in [0, 0.05) is 48.7 Å². The molecule has 0 saturated carbocycles. The maximum atomic E-state index is 6.44. The summed E-state index contributed by atoms with van der Waals surface area (Å²) < 4.78 is 0. The van der Waals surface area contributed by atoms with Crippen LogP contribution in [0.5, 0.6) is 0 Å². The molecule has 2 heterocycles. The summed E-state index contributed by atoms with van der Waals surface area (Å²) in [4.78, 5) is 4.08. The highest BCUT2D eigenvalue weighted by molar-refractivity contribution is 6.45. The van der Waals surface area contributed by atoms with Gasteiger partial charge < -0.3 is 9.80 Å². The fourth-order valence-corrected chi connectivity index (χ4v) is 3.21. The lowest BCUT2D eigenvalue weighted by molar-refractivity contribution is 0.721. The molecule has 0 aliphatic carbocycles. The molecular weight excluding hydrogens is 256 g/mol. The van der Waals surface area contributed by atoms with Crippen LogP contribution in [0.25, 0.3) is 34.5 Å². The van der Waals surface area contributed by atoms with Crippen molar-refractivity contribution in [1.82, 2.24) is 9.80 Å². The van der Waals surface area contributed by atoms with Gasteiger partial charge in [-0.15, -0.1) is 0 Å². The zero-order chi connectivity index (χ0) is 13.1. The van der Waals surface area contributed by atoms with Crippen molar-refractivity contribution < 1.29 is 0 Å². The van der Waals surface area contributed by atoms with Gasteiger partial charge in [-0.1, -0.05) is 35.9 Å². The second-order valence-corrected chi connectivity index (χ2v) is 5.51. The lowest BCUT2D eigenvalue weighted by atomic mass is 10.00. The van der Waals surface area contributed by atoms with E-state index in [0.29, 0.717) is 0 Å². The molecule has 0 fully saturated rings. The SMILES string of the molecule is CN1C=c2ccc3c4c(ccc(c24)=C1)=C(Cl)N(C)C=3. The number of nitrogens with zero attached hydrogens (tertiary/aromatic N) is 2. The molecule has 4 rings (SSSR count). The van der Waals surface area contributed by atoms with Crippen LogP contribution in [0.1, 0.15) is 0 Å². The largest absolute Gasteiger partial charge is 0.356 e. The Kier molecular flexibility index (Phi) is 2.04. The van der Waals surface area contributed by atoms with Crippen molar-refractivity contribution in [2.24, 2.45) is 0 Å². The lowest BCUT2D eigenvalue weighted by Gasteiger charge is -2.20. The first-order valence-electron chi connectivity index (χ1n) is 6.27. The molecular formula is C16H13ClN2. The van der Waals surface area contributed by atoms with E-state index < -0.39 is 0 Å². The summed E-state index contributed by atoms with van der Waals surface area (Å²) in [6.07, 6.45) is 6.40. The Morgan fingerprint density at radius 3 is 2.05 bits per heavy atom. The minimum absolute atomic E-state index is 0.787. The Bertz CT molecular complexity index is 938. The summed E-state index contributed by atoms with van der Waals surface area (Å²) in [5.74, 6) is 0. The number of hydrogen-bond acceptors (Lipinski definition) is 2. The summed E-state index contributed by atoms with van der Waals surface area (Å²) in [5, 5.41) is 8.21. The summed E-state index contributed by atoms with van der Waals surface area (Å²) in [6.45, 7) is 0. The second-order valence-electron chi connectivity index (χ2n) is 5.15. The van der Waals surface area contributed by atoms with E-state index in [2.05, 4.69) is 54.8 Å². The van der Waals surface area contributed by atoms with Gasteiger partial charge in [-0.3, -0.25) is 0 Å². The second kappa shape index (κ2) is 3.55. The normalized spacial score (nSPS) is 16.1. The van der Waals surface area contributed by atoms with E-state index in [0.717, 1.165) is 10.4 Å². The lowest BCUT2D eigenvalue weighted by Crippen LogP contribution is -2.35. The van der Waals surface area contributed by atoms with Gasteiger partial charge in [0.25, 0.3) is 0 Å². The third-order valence-corrected chi connectivity index (χ3v) is 4.28. The molecule has 0 saturated heterocycles. The molecule has 2 aromatic carbocycles. The van der Waals surface area contributed by atoms with Crippen LogP contribution in [-0.2, 0) is 0 Å². The first kappa shape index (κ1) is 10.9. The molecule has 0 amide bonds. The molecule has 0 unspecified atom stereocenters. The van der Waals surface area contributed by atoms with Crippen LogP contribution in [0.4, 0.5) is 0 Å². The first-order valence-corrected chi connectivity index (χ1v) is 6.65. The number of hydrogen-bond donors (Lipinski definition) is 0. The highest BCUT2D eigenvalue weighted by atomic mass is 35.5. The summed E-state index contributed by atoms with van der Waals surface area (Å²) in [6, 6.07) is 8.61. The zero-order valence-electron chi connectivity index (χ0n) is 10.8. The van der Waals surface area contributed by atoms with Crippen LogP contribution < -0.4 is 20.9 Å². The molecule has 2 aromatic rings. The third-order valence-electron chi connectivity index (χ3n) is 3.81. The molecule has 0 bridgehead atoms. The van der Waals surface area contributed by atoms with Crippen molar-refractivity contribution in [1.29, 1.82) is 0 Å². The predicted molar refractivity (Wildman–Crippen MR) is 80.6 cm³/mol. The number of benzene rings is 2. The molecule has 0 aromatic heterocycles. The molecule has 2 nitrogen and oxygen atoms in total. The van der Waals surface area contributed by atoms with Crippen LogP contribution >= 0.6 is 11.6 Å². The van der Waals surface area contributed by atoms with Crippen molar-refractivity contribution in [2.45, 2.75) is 0 Å². The van der Waals surface area contributed by atoms with E-state index in [9.17, 15) is 0 Å². The van der Waals surface area contributed by atoms with E-state index >= 15 is 0 Å². The van der Waals surface area contributed by atoms with Gasteiger partial charge in [0.1, 0.15) is 5.16 Å². The van der Waals surface area contributed by atoms with Gasteiger partial charge in [-0.05, 0) is 15.7 Å². The van der Waals surface area contributed by atoms with Gasteiger partial charge in [0.15, 0.2) is 0 Å². The van der Waals surface area contributed by atoms with Crippen molar-refractivity contribution in [3.8, 4) is 0 Å². The summed E-state index contributed by atoms with van der Waals surface area (Å²) in [5.41, 5.74) is 0. The van der Waals surface area contributed by atoms with E-state index in [1.54, 1.807) is 0 Å². The molecule has 3 heteroatoms. The number of rotatable bonds is 0. The smallest absolute Gasteiger partial charge is 0.116 e. The quantitative estimate of drug-likeness (QED) is 0.632. The Morgan fingerprint density at radius 2 is 1.37 bits per heavy atom. The molecule has 0 radical (unpaired) electrons. The highest BCUT2D eigenvalue weighted by Gasteiger charge is 2.12. The highest BCUT2D eigenvalue weighted by Crippen LogP contribution is 2.12. The minimum atomic E-state index is 0.787. The maximum Gasteiger partial charge on any atom is 0.116 e. The van der Waals surface area contributed by atoms with Gasteiger partial charge in [0.05, 0.1) is 0 Å². The van der Waals surface area contributed by atoms with E-state index in [4.69, 9.17) is 11.6 Å². The zero-order valence-corrected chi connectivity index (χ0v) is 11.6. The molecule has 0 atom stereocenters. The van der Waals surface area contributed by atoms with Crippen LogP contribution in [0.15, 0.2) is 24.3 Å². The fraction of sp³-hybridized carbons (Fsp3) is 0.125. The minimum Gasteiger partial charge on any atom is -0.356 e. The Labute approximate surface area is 115 Å². The number of halogens is 1. The average molecular weight is 269 g/mol. The third kappa shape index (κ3) is 1.38. The Morgan fingerprint density at radius 1 is 0.789 bits per heavy atom. The molecule has 0 spiro atoms. The average Bonchev–Trinajstić information content (AvgIpc) is 2.39. The summed E-state index contributed by atoms with van der Waals surface area (Å²) >= 11 is 6.44. The Hall–Kier alpha value is -1.93. The topological polar surface area (TPSA) is 6.48 Å².